The summed E-state index contributed by atoms with van der Waals surface area (Å²) in [6, 6.07) is 14.3. The molecule has 28 heavy (non-hydrogen) atoms. The van der Waals surface area contributed by atoms with Gasteiger partial charge in [-0.05, 0) is 48.4 Å². The Labute approximate surface area is 173 Å². The molecule has 1 aliphatic rings. The van der Waals surface area contributed by atoms with Gasteiger partial charge in [-0.25, -0.2) is 8.42 Å². The minimum Gasteiger partial charge on any atom is -0.497 e. The third-order valence-corrected chi connectivity index (χ3v) is 6.91. The van der Waals surface area contributed by atoms with E-state index in [1.54, 1.807) is 24.1 Å². The predicted molar refractivity (Wildman–Crippen MR) is 110 cm³/mol. The lowest BCUT2D eigenvalue weighted by molar-refractivity contribution is -0.136. The third kappa shape index (κ3) is 5.48. The highest BCUT2D eigenvalue weighted by Crippen LogP contribution is 2.23. The maximum Gasteiger partial charge on any atom is 0.261 e. The molecule has 0 aromatic heterocycles. The number of amides is 1. The molecule has 0 unspecified atom stereocenters. The fraction of sp³-hybridized carbons (Fsp3) is 0.350. The minimum atomic E-state index is -3.12. The Bertz CT molecular complexity index is 930. The van der Waals surface area contributed by atoms with Crippen molar-refractivity contribution >= 4 is 31.7 Å². The van der Waals surface area contributed by atoms with Gasteiger partial charge in [-0.1, -0.05) is 28.1 Å². The van der Waals surface area contributed by atoms with Gasteiger partial charge in [0.1, 0.15) is 11.5 Å². The highest BCUT2D eigenvalue weighted by Gasteiger charge is 2.34. The standard InChI is InChI=1S/C20H22BrNO5S/c1-26-19-4-2-3-15(11-19)12-22(17-9-10-28(24,25)14-17)20(23)13-27-18-7-5-16(21)6-8-18/h2-8,11,17H,9-10,12-14H2,1H3/t17-/m1/s1. The van der Waals surface area contributed by atoms with Crippen LogP contribution in [0.2, 0.25) is 0 Å². The van der Waals surface area contributed by atoms with Crippen molar-refractivity contribution in [1.82, 2.24) is 4.90 Å². The van der Waals surface area contributed by atoms with Gasteiger partial charge in [0, 0.05) is 17.1 Å². The normalized spacial score (nSPS) is 17.9. The average molecular weight is 468 g/mol. The van der Waals surface area contributed by atoms with Gasteiger partial charge < -0.3 is 14.4 Å². The van der Waals surface area contributed by atoms with Crippen molar-refractivity contribution in [1.29, 1.82) is 0 Å². The number of methoxy groups -OCH3 is 1. The molecule has 1 fully saturated rings. The number of hydrogen-bond acceptors (Lipinski definition) is 5. The fourth-order valence-electron chi connectivity index (χ4n) is 3.17. The molecule has 0 saturated carbocycles. The zero-order valence-corrected chi connectivity index (χ0v) is 17.9. The van der Waals surface area contributed by atoms with E-state index in [9.17, 15) is 13.2 Å². The molecule has 1 heterocycles. The Balaban J connectivity index is 1.74. The highest BCUT2D eigenvalue weighted by atomic mass is 79.9. The number of nitrogens with zero attached hydrogens (tertiary/aromatic N) is 1. The first-order chi connectivity index (χ1) is 13.4. The smallest absolute Gasteiger partial charge is 0.261 e. The lowest BCUT2D eigenvalue weighted by Crippen LogP contribution is -2.43. The topological polar surface area (TPSA) is 72.9 Å². The second-order valence-corrected chi connectivity index (χ2v) is 9.82. The number of carbonyl (C=O) groups excluding carboxylic acids is 1. The Hall–Kier alpha value is -2.06. The summed E-state index contributed by atoms with van der Waals surface area (Å²) in [7, 11) is -1.53. The molecule has 1 aliphatic heterocycles. The van der Waals surface area contributed by atoms with E-state index in [0.29, 0.717) is 24.5 Å². The molecule has 2 aromatic carbocycles. The van der Waals surface area contributed by atoms with Gasteiger partial charge in [0.05, 0.1) is 18.6 Å². The van der Waals surface area contributed by atoms with Crippen LogP contribution < -0.4 is 9.47 Å². The molecule has 2 aromatic rings. The van der Waals surface area contributed by atoms with Crippen LogP contribution in [0.1, 0.15) is 12.0 Å². The Morgan fingerprint density at radius 3 is 2.57 bits per heavy atom. The van der Waals surface area contributed by atoms with Crippen LogP contribution in [0.3, 0.4) is 0 Å². The second kappa shape index (κ2) is 8.96. The molecular weight excluding hydrogens is 446 g/mol. The number of ether oxygens (including phenoxy) is 2. The van der Waals surface area contributed by atoms with Crippen LogP contribution in [0, 0.1) is 0 Å². The summed E-state index contributed by atoms with van der Waals surface area (Å²) in [6.45, 7) is 0.155. The molecule has 0 bridgehead atoms. The van der Waals surface area contributed by atoms with Crippen LogP contribution in [-0.2, 0) is 21.2 Å². The van der Waals surface area contributed by atoms with Gasteiger partial charge in [0.2, 0.25) is 0 Å². The predicted octanol–water partition coefficient (Wildman–Crippen LogP) is 3.05. The summed E-state index contributed by atoms with van der Waals surface area (Å²) in [5, 5.41) is 0. The monoisotopic (exact) mass is 467 g/mol. The van der Waals surface area contributed by atoms with E-state index in [2.05, 4.69) is 15.9 Å². The quantitative estimate of drug-likeness (QED) is 0.625. The Morgan fingerprint density at radius 2 is 1.93 bits per heavy atom. The summed E-state index contributed by atoms with van der Waals surface area (Å²) in [4.78, 5) is 14.5. The van der Waals surface area contributed by atoms with Crippen molar-refractivity contribution in [3.8, 4) is 11.5 Å². The molecule has 3 rings (SSSR count). The first kappa shape index (κ1) is 20.7. The lowest BCUT2D eigenvalue weighted by Gasteiger charge is -2.28. The van der Waals surface area contributed by atoms with E-state index >= 15 is 0 Å². The van der Waals surface area contributed by atoms with Gasteiger partial charge in [-0.3, -0.25) is 4.79 Å². The summed E-state index contributed by atoms with van der Waals surface area (Å²) in [5.74, 6) is 1.12. The molecule has 1 amide bonds. The number of hydrogen-bond donors (Lipinski definition) is 0. The summed E-state index contributed by atoms with van der Waals surface area (Å²) in [5.41, 5.74) is 0.876. The molecule has 6 nitrogen and oxygen atoms in total. The number of sulfone groups is 1. The van der Waals surface area contributed by atoms with Crippen molar-refractivity contribution in [3.63, 3.8) is 0 Å². The van der Waals surface area contributed by atoms with Gasteiger partial charge in [-0.15, -0.1) is 0 Å². The van der Waals surface area contributed by atoms with Crippen LogP contribution in [0.15, 0.2) is 53.0 Å². The largest absolute Gasteiger partial charge is 0.497 e. The molecule has 8 heteroatoms. The molecule has 150 valence electrons. The van der Waals surface area contributed by atoms with Crippen molar-refractivity contribution in [2.45, 2.75) is 19.0 Å². The van der Waals surface area contributed by atoms with Crippen LogP contribution in [0.5, 0.6) is 11.5 Å². The first-order valence-corrected chi connectivity index (χ1v) is 11.5. The number of benzene rings is 2. The van der Waals surface area contributed by atoms with Crippen LogP contribution in [-0.4, -0.2) is 50.5 Å². The van der Waals surface area contributed by atoms with Crippen molar-refractivity contribution in [2.75, 3.05) is 25.2 Å². The van der Waals surface area contributed by atoms with E-state index in [4.69, 9.17) is 9.47 Å². The third-order valence-electron chi connectivity index (χ3n) is 4.63. The van der Waals surface area contributed by atoms with E-state index in [-0.39, 0.29) is 30.1 Å². The fourth-order valence-corrected chi connectivity index (χ4v) is 5.16. The van der Waals surface area contributed by atoms with Gasteiger partial charge in [0.25, 0.3) is 5.91 Å². The van der Waals surface area contributed by atoms with Crippen LogP contribution in [0.25, 0.3) is 0 Å². The zero-order valence-electron chi connectivity index (χ0n) is 15.5. The molecule has 0 spiro atoms. The number of carbonyl (C=O) groups is 1. The first-order valence-electron chi connectivity index (χ1n) is 8.87. The second-order valence-electron chi connectivity index (χ2n) is 6.67. The number of halogens is 1. The van der Waals surface area contributed by atoms with Gasteiger partial charge in [0.15, 0.2) is 16.4 Å². The van der Waals surface area contributed by atoms with E-state index in [1.807, 2.05) is 36.4 Å². The number of rotatable bonds is 7. The van der Waals surface area contributed by atoms with Gasteiger partial charge >= 0.3 is 0 Å². The van der Waals surface area contributed by atoms with Crippen LogP contribution in [0.4, 0.5) is 0 Å². The van der Waals surface area contributed by atoms with Crippen LogP contribution >= 0.6 is 15.9 Å². The maximum absolute atomic E-state index is 12.9. The Kier molecular flexibility index (Phi) is 6.61. The minimum absolute atomic E-state index is 0.0129. The average Bonchev–Trinajstić information content (AvgIpc) is 3.05. The van der Waals surface area contributed by atoms with Crippen molar-refractivity contribution in [2.24, 2.45) is 0 Å². The van der Waals surface area contributed by atoms with Crippen molar-refractivity contribution < 1.29 is 22.7 Å². The highest BCUT2D eigenvalue weighted by molar-refractivity contribution is 9.10. The summed E-state index contributed by atoms with van der Waals surface area (Å²) >= 11 is 3.35. The summed E-state index contributed by atoms with van der Waals surface area (Å²) < 4.78 is 35.6. The van der Waals surface area contributed by atoms with E-state index < -0.39 is 9.84 Å². The maximum atomic E-state index is 12.9. The van der Waals surface area contributed by atoms with E-state index in [0.717, 1.165) is 10.0 Å². The van der Waals surface area contributed by atoms with Crippen molar-refractivity contribution in [3.05, 3.63) is 58.6 Å². The molecule has 1 saturated heterocycles. The van der Waals surface area contributed by atoms with Gasteiger partial charge in [-0.2, -0.15) is 0 Å². The molecule has 1 atom stereocenters. The summed E-state index contributed by atoms with van der Waals surface area (Å²) in [6.07, 6.45) is 0.441. The molecule has 0 N–H and O–H groups in total. The lowest BCUT2D eigenvalue weighted by atomic mass is 10.1. The zero-order chi connectivity index (χ0) is 20.1. The SMILES string of the molecule is COc1cccc(CN(C(=O)COc2ccc(Br)cc2)[C@@H]2CCS(=O)(=O)C2)c1. The van der Waals surface area contributed by atoms with E-state index in [1.165, 1.54) is 0 Å². The molecule has 0 radical (unpaired) electrons. The molecular formula is C20H22BrNO5S. The molecule has 0 aliphatic carbocycles. The Morgan fingerprint density at radius 1 is 1.18 bits per heavy atom.